The first-order valence-corrected chi connectivity index (χ1v) is 7.35. The van der Waals surface area contributed by atoms with Crippen molar-refractivity contribution in [2.24, 2.45) is 5.92 Å². The van der Waals surface area contributed by atoms with Crippen molar-refractivity contribution in [2.45, 2.75) is 26.2 Å². The Balaban J connectivity index is 1.64. The molecule has 102 valence electrons. The number of anilines is 1. The summed E-state index contributed by atoms with van der Waals surface area (Å²) in [5.74, 6) is 1.08. The van der Waals surface area contributed by atoms with Crippen LogP contribution in [-0.4, -0.2) is 36.9 Å². The molecule has 1 fully saturated rings. The second-order valence-corrected chi connectivity index (χ2v) is 5.93. The largest absolute Gasteiger partial charge is 0.384 e. The van der Waals surface area contributed by atoms with E-state index in [0.29, 0.717) is 6.54 Å². The lowest BCUT2D eigenvalue weighted by atomic mass is 9.98. The fourth-order valence-corrected chi connectivity index (χ4v) is 2.99. The van der Waals surface area contributed by atoms with E-state index in [-0.39, 0.29) is 5.78 Å². The van der Waals surface area contributed by atoms with E-state index < -0.39 is 0 Å². The van der Waals surface area contributed by atoms with Gasteiger partial charge < -0.3 is 5.32 Å². The van der Waals surface area contributed by atoms with Crippen LogP contribution in [-0.2, 0) is 6.42 Å². The van der Waals surface area contributed by atoms with Gasteiger partial charge in [0, 0.05) is 17.8 Å². The molecule has 0 aliphatic carbocycles. The molecule has 2 aliphatic rings. The molecule has 0 aromatic heterocycles. The number of Topliss-reactive ketones (excluding diaryl/α,β-unsaturated/α-hetero) is 1. The summed E-state index contributed by atoms with van der Waals surface area (Å²) in [4.78, 5) is 14.6. The summed E-state index contributed by atoms with van der Waals surface area (Å²) in [5, 5.41) is 3.33. The van der Waals surface area contributed by atoms with Gasteiger partial charge in [-0.05, 0) is 62.0 Å². The van der Waals surface area contributed by atoms with Crippen LogP contribution >= 0.6 is 0 Å². The molecule has 0 unspecified atom stereocenters. The van der Waals surface area contributed by atoms with Crippen molar-refractivity contribution in [1.29, 1.82) is 0 Å². The van der Waals surface area contributed by atoms with Crippen molar-refractivity contribution in [3.63, 3.8) is 0 Å². The van der Waals surface area contributed by atoms with Gasteiger partial charge in [0.1, 0.15) is 0 Å². The topological polar surface area (TPSA) is 32.3 Å². The molecular weight excluding hydrogens is 236 g/mol. The number of likely N-dealkylation sites (tertiary alicyclic amines) is 1. The number of nitrogens with zero attached hydrogens (tertiary/aromatic N) is 1. The van der Waals surface area contributed by atoms with E-state index in [0.717, 1.165) is 37.5 Å². The summed E-state index contributed by atoms with van der Waals surface area (Å²) in [6.45, 7) is 6.02. The second kappa shape index (κ2) is 5.33. The minimum Gasteiger partial charge on any atom is -0.384 e. The van der Waals surface area contributed by atoms with Crippen LogP contribution in [0.3, 0.4) is 0 Å². The van der Waals surface area contributed by atoms with E-state index in [2.05, 4.69) is 23.2 Å². The van der Waals surface area contributed by atoms with E-state index in [1.54, 1.807) is 0 Å². The smallest absolute Gasteiger partial charge is 0.176 e. The Morgan fingerprint density at radius 1 is 1.37 bits per heavy atom. The lowest BCUT2D eigenvalue weighted by Gasteiger charge is -2.29. The van der Waals surface area contributed by atoms with Crippen molar-refractivity contribution in [2.75, 3.05) is 31.5 Å². The summed E-state index contributed by atoms with van der Waals surface area (Å²) in [6, 6.07) is 6.09. The number of hydrogen-bond acceptors (Lipinski definition) is 3. The zero-order valence-electron chi connectivity index (χ0n) is 11.6. The van der Waals surface area contributed by atoms with Gasteiger partial charge in [0.15, 0.2) is 5.78 Å². The molecule has 1 aromatic carbocycles. The molecule has 1 aromatic rings. The SMILES string of the molecule is CC1CCN(CC(=O)c2ccc3c(c2)CCN3)CC1. The Morgan fingerprint density at radius 3 is 2.95 bits per heavy atom. The normalized spacial score (nSPS) is 20.1. The van der Waals surface area contributed by atoms with Crippen LogP contribution in [0.1, 0.15) is 35.7 Å². The van der Waals surface area contributed by atoms with Gasteiger partial charge in [-0.2, -0.15) is 0 Å². The summed E-state index contributed by atoms with van der Waals surface area (Å²) < 4.78 is 0. The molecule has 0 spiro atoms. The third kappa shape index (κ3) is 2.81. The Bertz CT molecular complexity index is 476. The van der Waals surface area contributed by atoms with E-state index in [1.807, 2.05) is 12.1 Å². The number of benzene rings is 1. The van der Waals surface area contributed by atoms with E-state index in [9.17, 15) is 4.79 Å². The summed E-state index contributed by atoms with van der Waals surface area (Å²) in [6.07, 6.45) is 3.49. The average Bonchev–Trinajstić information content (AvgIpc) is 2.88. The standard InChI is InChI=1S/C16H22N2O/c1-12-5-8-18(9-6-12)11-16(19)14-2-3-15-13(10-14)4-7-17-15/h2-3,10,12,17H,4-9,11H2,1H3. The zero-order chi connectivity index (χ0) is 13.2. The van der Waals surface area contributed by atoms with Crippen LogP contribution < -0.4 is 5.32 Å². The number of carbonyl (C=O) groups excluding carboxylic acids is 1. The van der Waals surface area contributed by atoms with Crippen LogP contribution in [0, 0.1) is 5.92 Å². The van der Waals surface area contributed by atoms with Gasteiger partial charge in [-0.25, -0.2) is 0 Å². The maximum Gasteiger partial charge on any atom is 0.176 e. The summed E-state index contributed by atoms with van der Waals surface area (Å²) >= 11 is 0. The Labute approximate surface area is 115 Å². The number of nitrogens with one attached hydrogen (secondary N) is 1. The quantitative estimate of drug-likeness (QED) is 0.846. The average molecular weight is 258 g/mol. The van der Waals surface area contributed by atoms with Gasteiger partial charge >= 0.3 is 0 Å². The molecule has 0 saturated carbocycles. The molecule has 3 rings (SSSR count). The predicted octanol–water partition coefficient (Wildman–Crippen LogP) is 2.57. The van der Waals surface area contributed by atoms with Crippen molar-refractivity contribution in [1.82, 2.24) is 4.90 Å². The minimum atomic E-state index is 0.268. The highest BCUT2D eigenvalue weighted by molar-refractivity contribution is 5.98. The van der Waals surface area contributed by atoms with Gasteiger partial charge in [-0.3, -0.25) is 9.69 Å². The number of fused-ring (bicyclic) bond motifs is 1. The van der Waals surface area contributed by atoms with E-state index >= 15 is 0 Å². The number of piperidine rings is 1. The van der Waals surface area contributed by atoms with Crippen molar-refractivity contribution in [3.05, 3.63) is 29.3 Å². The summed E-state index contributed by atoms with van der Waals surface area (Å²) in [7, 11) is 0. The Morgan fingerprint density at radius 2 is 2.16 bits per heavy atom. The molecule has 2 aliphatic heterocycles. The minimum absolute atomic E-state index is 0.268. The maximum atomic E-state index is 12.3. The van der Waals surface area contributed by atoms with Gasteiger partial charge in [0.05, 0.1) is 6.54 Å². The highest BCUT2D eigenvalue weighted by atomic mass is 16.1. The molecule has 0 atom stereocenters. The molecule has 0 radical (unpaired) electrons. The van der Waals surface area contributed by atoms with Gasteiger partial charge in [-0.15, -0.1) is 0 Å². The van der Waals surface area contributed by atoms with Gasteiger partial charge in [-0.1, -0.05) is 6.92 Å². The summed E-state index contributed by atoms with van der Waals surface area (Å²) in [5.41, 5.74) is 3.36. The molecular formula is C16H22N2O. The first kappa shape index (κ1) is 12.7. The highest BCUT2D eigenvalue weighted by Gasteiger charge is 2.19. The molecule has 0 amide bonds. The van der Waals surface area contributed by atoms with Crippen LogP contribution in [0.2, 0.25) is 0 Å². The fraction of sp³-hybridized carbons (Fsp3) is 0.562. The number of rotatable bonds is 3. The number of hydrogen-bond donors (Lipinski definition) is 1. The zero-order valence-corrected chi connectivity index (χ0v) is 11.6. The van der Waals surface area contributed by atoms with Crippen LogP contribution in [0.25, 0.3) is 0 Å². The lowest BCUT2D eigenvalue weighted by Crippen LogP contribution is -2.36. The van der Waals surface area contributed by atoms with E-state index in [1.165, 1.54) is 24.1 Å². The molecule has 19 heavy (non-hydrogen) atoms. The van der Waals surface area contributed by atoms with Gasteiger partial charge in [0.25, 0.3) is 0 Å². The number of ketones is 1. The van der Waals surface area contributed by atoms with E-state index in [4.69, 9.17) is 0 Å². The lowest BCUT2D eigenvalue weighted by molar-refractivity contribution is 0.0900. The third-order valence-corrected chi connectivity index (χ3v) is 4.38. The van der Waals surface area contributed by atoms with Crippen LogP contribution in [0.5, 0.6) is 0 Å². The monoisotopic (exact) mass is 258 g/mol. The first-order chi connectivity index (χ1) is 9.22. The molecule has 0 bridgehead atoms. The maximum absolute atomic E-state index is 12.3. The third-order valence-electron chi connectivity index (χ3n) is 4.38. The van der Waals surface area contributed by atoms with Gasteiger partial charge in [0.2, 0.25) is 0 Å². The molecule has 3 heteroatoms. The predicted molar refractivity (Wildman–Crippen MR) is 77.8 cm³/mol. The Kier molecular flexibility index (Phi) is 3.56. The molecule has 1 saturated heterocycles. The molecule has 2 heterocycles. The van der Waals surface area contributed by atoms with Crippen molar-refractivity contribution in [3.8, 4) is 0 Å². The second-order valence-electron chi connectivity index (χ2n) is 5.93. The fourth-order valence-electron chi connectivity index (χ4n) is 2.99. The highest BCUT2D eigenvalue weighted by Crippen LogP contribution is 2.23. The molecule has 3 nitrogen and oxygen atoms in total. The van der Waals surface area contributed by atoms with Crippen molar-refractivity contribution < 1.29 is 4.79 Å². The van der Waals surface area contributed by atoms with Crippen molar-refractivity contribution >= 4 is 11.5 Å². The van der Waals surface area contributed by atoms with Crippen LogP contribution in [0.4, 0.5) is 5.69 Å². The number of carbonyl (C=O) groups is 1. The first-order valence-electron chi connectivity index (χ1n) is 7.35. The Hall–Kier alpha value is -1.35. The molecule has 1 N–H and O–H groups in total. The van der Waals surface area contributed by atoms with Crippen LogP contribution in [0.15, 0.2) is 18.2 Å².